The number of aromatic nitrogens is 1. The average molecular weight is 457 g/mol. The maximum Gasteiger partial charge on any atom is 0.226 e. The highest BCUT2D eigenvalue weighted by Crippen LogP contribution is 2.34. The van der Waals surface area contributed by atoms with Gasteiger partial charge in [-0.05, 0) is 36.2 Å². The summed E-state index contributed by atoms with van der Waals surface area (Å²) in [6.07, 6.45) is 1.64. The standard InChI is InChI=1S/C18H17ClN2O4S3/c1-27(22,23)18-21-17(28(24,25)15-9-7-14(19)8-10-15)16(26-18)20-12-11-13-5-3-2-4-6-13/h2-10,20H,11-12H2,1H3. The number of hydrogen-bond donors (Lipinski definition) is 1. The topological polar surface area (TPSA) is 93.2 Å². The van der Waals surface area contributed by atoms with E-state index in [0.717, 1.165) is 23.2 Å². The van der Waals surface area contributed by atoms with Crippen LogP contribution in [0.25, 0.3) is 0 Å². The van der Waals surface area contributed by atoms with Gasteiger partial charge in [-0.3, -0.25) is 0 Å². The van der Waals surface area contributed by atoms with Crippen LogP contribution >= 0.6 is 22.9 Å². The van der Waals surface area contributed by atoms with E-state index in [9.17, 15) is 16.8 Å². The molecule has 0 fully saturated rings. The molecule has 1 aromatic heterocycles. The average Bonchev–Trinajstić information content (AvgIpc) is 3.08. The van der Waals surface area contributed by atoms with Crippen molar-refractivity contribution < 1.29 is 16.8 Å². The monoisotopic (exact) mass is 456 g/mol. The Kier molecular flexibility index (Phi) is 6.09. The second-order valence-corrected chi connectivity index (χ2v) is 11.5. The molecule has 3 rings (SSSR count). The second-order valence-electron chi connectivity index (χ2n) is 6.01. The van der Waals surface area contributed by atoms with Crippen molar-refractivity contribution in [3.8, 4) is 0 Å². The van der Waals surface area contributed by atoms with Crippen LogP contribution < -0.4 is 5.32 Å². The van der Waals surface area contributed by atoms with E-state index in [1.54, 1.807) is 0 Å². The lowest BCUT2D eigenvalue weighted by Crippen LogP contribution is -2.09. The molecule has 0 saturated carbocycles. The van der Waals surface area contributed by atoms with Crippen LogP contribution in [0.2, 0.25) is 5.02 Å². The van der Waals surface area contributed by atoms with Crippen LogP contribution in [0.1, 0.15) is 5.56 Å². The van der Waals surface area contributed by atoms with Crippen LogP contribution in [0.3, 0.4) is 0 Å². The van der Waals surface area contributed by atoms with Gasteiger partial charge in [-0.1, -0.05) is 53.3 Å². The predicted molar refractivity (Wildman–Crippen MR) is 111 cm³/mol. The molecule has 0 spiro atoms. The van der Waals surface area contributed by atoms with Gasteiger partial charge in [0, 0.05) is 17.8 Å². The first kappa shape index (κ1) is 20.8. The summed E-state index contributed by atoms with van der Waals surface area (Å²) in [5.74, 6) is 0. The van der Waals surface area contributed by atoms with Gasteiger partial charge < -0.3 is 5.32 Å². The third kappa shape index (κ3) is 4.72. The van der Waals surface area contributed by atoms with Crippen molar-refractivity contribution in [2.24, 2.45) is 0 Å². The summed E-state index contributed by atoms with van der Waals surface area (Å²) in [6.45, 7) is 0.429. The molecule has 0 unspecified atom stereocenters. The zero-order valence-electron chi connectivity index (χ0n) is 14.8. The Hall–Kier alpha value is -1.94. The minimum absolute atomic E-state index is 0.00615. The van der Waals surface area contributed by atoms with Gasteiger partial charge in [0.05, 0.1) is 4.90 Å². The summed E-state index contributed by atoms with van der Waals surface area (Å²) in [5, 5.41) is 3.33. The Balaban J connectivity index is 1.95. The smallest absolute Gasteiger partial charge is 0.226 e. The van der Waals surface area contributed by atoms with Gasteiger partial charge in [0.25, 0.3) is 0 Å². The molecule has 0 aliphatic heterocycles. The van der Waals surface area contributed by atoms with Crippen LogP contribution in [0.4, 0.5) is 5.00 Å². The first-order valence-electron chi connectivity index (χ1n) is 8.17. The van der Waals surface area contributed by atoms with Gasteiger partial charge in [0.15, 0.2) is 5.03 Å². The van der Waals surface area contributed by atoms with E-state index < -0.39 is 19.7 Å². The Bertz CT molecular complexity index is 1170. The zero-order chi connectivity index (χ0) is 20.4. The number of benzene rings is 2. The Morgan fingerprint density at radius 2 is 1.64 bits per heavy atom. The van der Waals surface area contributed by atoms with Crippen molar-refractivity contribution in [3.63, 3.8) is 0 Å². The molecule has 0 atom stereocenters. The molecule has 1 heterocycles. The Labute approximate surface area is 173 Å². The number of thiazole rings is 1. The van der Waals surface area contributed by atoms with Crippen molar-refractivity contribution in [3.05, 3.63) is 65.2 Å². The lowest BCUT2D eigenvalue weighted by molar-refractivity contribution is 0.591. The molecule has 0 saturated heterocycles. The highest BCUT2D eigenvalue weighted by molar-refractivity contribution is 7.93. The van der Waals surface area contributed by atoms with Gasteiger partial charge in [-0.2, -0.15) is 0 Å². The number of nitrogens with zero attached hydrogens (tertiary/aromatic N) is 1. The van der Waals surface area contributed by atoms with Gasteiger partial charge in [0.1, 0.15) is 5.00 Å². The van der Waals surface area contributed by atoms with Gasteiger partial charge in [0.2, 0.25) is 24.0 Å². The Morgan fingerprint density at radius 3 is 2.25 bits per heavy atom. The number of sulfone groups is 2. The summed E-state index contributed by atoms with van der Waals surface area (Å²) in [6, 6.07) is 15.3. The predicted octanol–water partition coefficient (Wildman–Crippen LogP) is 3.69. The number of halogens is 1. The number of rotatable bonds is 7. The van der Waals surface area contributed by atoms with Crippen LogP contribution in [-0.2, 0) is 26.1 Å². The summed E-state index contributed by atoms with van der Waals surface area (Å²) in [7, 11) is -7.66. The molecule has 0 aliphatic carbocycles. The minimum atomic E-state index is -4.01. The van der Waals surface area contributed by atoms with E-state index in [0.29, 0.717) is 18.0 Å². The number of nitrogens with one attached hydrogen (secondary N) is 1. The van der Waals surface area contributed by atoms with Crippen molar-refractivity contribution in [1.29, 1.82) is 0 Å². The van der Waals surface area contributed by atoms with Crippen LogP contribution in [0, 0.1) is 0 Å². The molecule has 0 bridgehead atoms. The first-order chi connectivity index (χ1) is 13.2. The highest BCUT2D eigenvalue weighted by atomic mass is 35.5. The molecule has 0 amide bonds. The van der Waals surface area contributed by atoms with E-state index in [1.807, 2.05) is 30.3 Å². The molecular weight excluding hydrogens is 440 g/mol. The lowest BCUT2D eigenvalue weighted by Gasteiger charge is -2.07. The maximum absolute atomic E-state index is 13.0. The largest absolute Gasteiger partial charge is 0.374 e. The van der Waals surface area contributed by atoms with E-state index in [-0.39, 0.29) is 19.3 Å². The lowest BCUT2D eigenvalue weighted by atomic mass is 10.1. The molecule has 3 aromatic rings. The van der Waals surface area contributed by atoms with Crippen LogP contribution in [-0.4, -0.2) is 34.6 Å². The fourth-order valence-electron chi connectivity index (χ4n) is 2.43. The molecule has 28 heavy (non-hydrogen) atoms. The molecular formula is C18H17ClN2O4S3. The van der Waals surface area contributed by atoms with Gasteiger partial charge >= 0.3 is 0 Å². The van der Waals surface area contributed by atoms with Crippen molar-refractivity contribution in [2.45, 2.75) is 20.7 Å². The molecule has 0 aliphatic rings. The molecule has 0 radical (unpaired) electrons. The van der Waals surface area contributed by atoms with E-state index in [4.69, 9.17) is 11.6 Å². The van der Waals surface area contributed by atoms with Crippen LogP contribution in [0.15, 0.2) is 68.9 Å². The Morgan fingerprint density at radius 1 is 1.00 bits per heavy atom. The van der Waals surface area contributed by atoms with Crippen molar-refractivity contribution in [1.82, 2.24) is 4.98 Å². The molecule has 1 N–H and O–H groups in total. The van der Waals surface area contributed by atoms with Crippen molar-refractivity contribution in [2.75, 3.05) is 18.1 Å². The normalized spacial score (nSPS) is 12.1. The second kappa shape index (κ2) is 8.20. The molecule has 148 valence electrons. The molecule has 6 nitrogen and oxygen atoms in total. The summed E-state index contributed by atoms with van der Waals surface area (Å²) < 4.78 is 49.6. The fraction of sp³-hybridized carbons (Fsp3) is 0.167. The van der Waals surface area contributed by atoms with E-state index in [2.05, 4.69) is 10.3 Å². The molecule has 2 aromatic carbocycles. The summed E-state index contributed by atoms with van der Waals surface area (Å²) in [4.78, 5) is 3.92. The first-order valence-corrected chi connectivity index (χ1v) is 12.7. The van der Waals surface area contributed by atoms with Gasteiger partial charge in [-0.15, -0.1) is 0 Å². The quantitative estimate of drug-likeness (QED) is 0.582. The summed E-state index contributed by atoms with van der Waals surface area (Å²) in [5.41, 5.74) is 1.07. The van der Waals surface area contributed by atoms with E-state index >= 15 is 0 Å². The fourth-order valence-corrected chi connectivity index (χ4v) is 6.10. The number of anilines is 1. The third-order valence-electron chi connectivity index (χ3n) is 3.81. The van der Waals surface area contributed by atoms with Gasteiger partial charge in [-0.25, -0.2) is 21.8 Å². The maximum atomic E-state index is 13.0. The van der Waals surface area contributed by atoms with Crippen molar-refractivity contribution >= 4 is 47.6 Å². The zero-order valence-corrected chi connectivity index (χ0v) is 18.0. The summed E-state index contributed by atoms with van der Waals surface area (Å²) >= 11 is 6.64. The molecule has 10 heteroatoms. The highest BCUT2D eigenvalue weighted by Gasteiger charge is 2.29. The third-order valence-corrected chi connectivity index (χ3v) is 8.58. The van der Waals surface area contributed by atoms with Crippen LogP contribution in [0.5, 0.6) is 0 Å². The SMILES string of the molecule is CS(=O)(=O)c1nc(S(=O)(=O)c2ccc(Cl)cc2)c(NCCc2ccccc2)s1. The number of hydrogen-bond acceptors (Lipinski definition) is 7. The van der Waals surface area contributed by atoms with E-state index in [1.165, 1.54) is 24.3 Å². The minimum Gasteiger partial charge on any atom is -0.374 e.